The van der Waals surface area contributed by atoms with E-state index in [1.165, 1.54) is 0 Å². The van der Waals surface area contributed by atoms with Gasteiger partial charge < -0.3 is 10.6 Å². The molecule has 0 aliphatic heterocycles. The third kappa shape index (κ3) is 5.97. The van der Waals surface area contributed by atoms with Gasteiger partial charge in [-0.25, -0.2) is 4.68 Å². The van der Waals surface area contributed by atoms with Crippen molar-refractivity contribution in [2.45, 2.75) is 33.9 Å². The van der Waals surface area contributed by atoms with Gasteiger partial charge in [0.1, 0.15) is 11.0 Å². The van der Waals surface area contributed by atoms with E-state index in [0.717, 1.165) is 10.2 Å². The highest BCUT2D eigenvalue weighted by molar-refractivity contribution is 9.10. The highest BCUT2D eigenvalue weighted by Gasteiger charge is 2.14. The smallest absolute Gasteiger partial charge is 0.283 e. The number of hydrogen-bond acceptors (Lipinski definition) is 5. The summed E-state index contributed by atoms with van der Waals surface area (Å²) in [4.78, 5) is 28.3. The minimum absolute atomic E-state index is 0.0706. The second-order valence-corrected chi connectivity index (χ2v) is 7.67. The van der Waals surface area contributed by atoms with Crippen molar-refractivity contribution >= 4 is 27.5 Å². The minimum Gasteiger partial charge on any atom is -0.382 e. The molecule has 0 saturated carbocycles. The molecule has 1 amide bonds. The topological polar surface area (TPSA) is 88.9 Å². The van der Waals surface area contributed by atoms with Crippen LogP contribution in [0, 0.1) is 5.41 Å². The van der Waals surface area contributed by atoms with Crippen LogP contribution in [0.3, 0.4) is 0 Å². The fraction of sp³-hybridized carbons (Fsp3) is 0.412. The molecule has 0 spiro atoms. The van der Waals surface area contributed by atoms with E-state index in [-0.39, 0.29) is 23.4 Å². The van der Waals surface area contributed by atoms with Gasteiger partial charge in [0.25, 0.3) is 5.56 Å². The molecular weight excluding hydrogens is 386 g/mol. The predicted octanol–water partition coefficient (Wildman–Crippen LogP) is 2.18. The number of carbonyl (C=O) groups is 1. The third-order valence-electron chi connectivity index (χ3n) is 3.33. The van der Waals surface area contributed by atoms with Crippen molar-refractivity contribution in [3.05, 3.63) is 51.1 Å². The fourth-order valence-corrected chi connectivity index (χ4v) is 2.40. The molecule has 134 valence electrons. The molecule has 2 aromatic heterocycles. The summed E-state index contributed by atoms with van der Waals surface area (Å²) in [6.45, 7) is 7.22. The Hall–Kier alpha value is -2.22. The summed E-state index contributed by atoms with van der Waals surface area (Å²) in [5.41, 5.74) is 1.28. The van der Waals surface area contributed by atoms with Crippen molar-refractivity contribution < 1.29 is 4.79 Å². The molecule has 2 aromatic rings. The number of halogens is 1. The fourth-order valence-electron chi connectivity index (χ4n) is 1.95. The maximum absolute atomic E-state index is 12.3. The summed E-state index contributed by atoms with van der Waals surface area (Å²) in [5.74, 6) is -0.284. The molecule has 0 atom stereocenters. The zero-order valence-electron chi connectivity index (χ0n) is 14.5. The molecule has 8 heteroatoms. The molecule has 0 radical (unpaired) electrons. The van der Waals surface area contributed by atoms with Crippen LogP contribution in [0.15, 0.2) is 40.0 Å². The molecule has 2 N–H and O–H groups in total. The van der Waals surface area contributed by atoms with Gasteiger partial charge in [0.05, 0.1) is 11.9 Å². The van der Waals surface area contributed by atoms with E-state index in [4.69, 9.17) is 0 Å². The Kier molecular flexibility index (Phi) is 6.30. The van der Waals surface area contributed by atoms with Crippen molar-refractivity contribution in [3.8, 4) is 0 Å². The van der Waals surface area contributed by atoms with Crippen molar-refractivity contribution in [2.24, 2.45) is 5.41 Å². The minimum atomic E-state index is -0.349. The van der Waals surface area contributed by atoms with Crippen LogP contribution in [0.2, 0.25) is 0 Å². The summed E-state index contributed by atoms with van der Waals surface area (Å²) in [6, 6.07) is 3.63. The van der Waals surface area contributed by atoms with Crippen molar-refractivity contribution in [1.82, 2.24) is 20.1 Å². The van der Waals surface area contributed by atoms with E-state index in [2.05, 4.69) is 57.4 Å². The number of carbonyl (C=O) groups excluding carboxylic acids is 1. The standard InChI is InChI=1S/C17H22BrN5O2/c1-17(2,3)11-21-13-9-22-23(16(25)15(13)18)10-14(24)20-8-12-4-6-19-7-5-12/h4-7,9,21H,8,10-11H2,1-3H3,(H,20,24). The van der Waals surface area contributed by atoms with Gasteiger partial charge in [0, 0.05) is 25.5 Å². The molecule has 0 bridgehead atoms. The van der Waals surface area contributed by atoms with Crippen LogP contribution in [0.25, 0.3) is 0 Å². The van der Waals surface area contributed by atoms with Crippen molar-refractivity contribution in [3.63, 3.8) is 0 Å². The van der Waals surface area contributed by atoms with Gasteiger partial charge in [-0.15, -0.1) is 0 Å². The monoisotopic (exact) mass is 407 g/mol. The molecule has 2 rings (SSSR count). The summed E-state index contributed by atoms with van der Waals surface area (Å²) in [5, 5.41) is 10.0. The second kappa shape index (κ2) is 8.24. The molecular formula is C17H22BrN5O2. The van der Waals surface area contributed by atoms with E-state index >= 15 is 0 Å². The Labute approximate surface area is 155 Å². The van der Waals surface area contributed by atoms with E-state index < -0.39 is 0 Å². The van der Waals surface area contributed by atoms with E-state index in [9.17, 15) is 9.59 Å². The highest BCUT2D eigenvalue weighted by Crippen LogP contribution is 2.19. The van der Waals surface area contributed by atoms with Crippen molar-refractivity contribution in [1.29, 1.82) is 0 Å². The van der Waals surface area contributed by atoms with Crippen LogP contribution < -0.4 is 16.2 Å². The lowest BCUT2D eigenvalue weighted by atomic mass is 9.97. The third-order valence-corrected chi connectivity index (χ3v) is 4.09. The van der Waals surface area contributed by atoms with E-state index in [1.807, 2.05) is 12.1 Å². The first-order valence-electron chi connectivity index (χ1n) is 7.91. The van der Waals surface area contributed by atoms with Gasteiger partial charge in [-0.05, 0) is 39.0 Å². The Morgan fingerprint density at radius 2 is 1.96 bits per heavy atom. The number of anilines is 1. The van der Waals surface area contributed by atoms with Crippen LogP contribution in [-0.4, -0.2) is 27.2 Å². The van der Waals surface area contributed by atoms with Crippen LogP contribution >= 0.6 is 15.9 Å². The van der Waals surface area contributed by atoms with Crippen LogP contribution in [0.4, 0.5) is 5.69 Å². The number of aromatic nitrogens is 3. The number of rotatable bonds is 6. The molecule has 2 heterocycles. The predicted molar refractivity (Wildman–Crippen MR) is 100 cm³/mol. The Bertz CT molecular complexity index is 784. The summed E-state index contributed by atoms with van der Waals surface area (Å²) in [6.07, 6.45) is 4.87. The van der Waals surface area contributed by atoms with Crippen LogP contribution in [0.1, 0.15) is 26.3 Å². The molecule has 0 aromatic carbocycles. The molecule has 25 heavy (non-hydrogen) atoms. The number of nitrogens with one attached hydrogen (secondary N) is 2. The lowest BCUT2D eigenvalue weighted by molar-refractivity contribution is -0.122. The molecule has 0 aliphatic carbocycles. The first-order chi connectivity index (χ1) is 11.8. The Morgan fingerprint density at radius 1 is 1.28 bits per heavy atom. The average molecular weight is 408 g/mol. The number of nitrogens with zero attached hydrogens (tertiary/aromatic N) is 3. The van der Waals surface area contributed by atoms with Gasteiger partial charge in [0.2, 0.25) is 5.91 Å². The quantitative estimate of drug-likeness (QED) is 0.765. The summed E-state index contributed by atoms with van der Waals surface area (Å²) >= 11 is 3.29. The second-order valence-electron chi connectivity index (χ2n) is 6.88. The highest BCUT2D eigenvalue weighted by atomic mass is 79.9. The maximum atomic E-state index is 12.3. The molecule has 0 aliphatic rings. The normalized spacial score (nSPS) is 11.2. The summed E-state index contributed by atoms with van der Waals surface area (Å²) in [7, 11) is 0. The SMILES string of the molecule is CC(C)(C)CNc1cnn(CC(=O)NCc2ccncc2)c(=O)c1Br. The number of pyridine rings is 1. The first kappa shape index (κ1) is 19.1. The van der Waals surface area contributed by atoms with E-state index in [1.54, 1.807) is 18.6 Å². The van der Waals surface area contributed by atoms with Gasteiger partial charge >= 0.3 is 0 Å². The van der Waals surface area contributed by atoms with Gasteiger partial charge in [-0.1, -0.05) is 20.8 Å². The largest absolute Gasteiger partial charge is 0.382 e. The molecule has 0 saturated heterocycles. The summed E-state index contributed by atoms with van der Waals surface area (Å²) < 4.78 is 1.50. The lowest BCUT2D eigenvalue weighted by Crippen LogP contribution is -2.34. The van der Waals surface area contributed by atoms with E-state index in [0.29, 0.717) is 23.2 Å². The molecule has 7 nitrogen and oxygen atoms in total. The average Bonchev–Trinajstić information content (AvgIpc) is 2.56. The lowest BCUT2D eigenvalue weighted by Gasteiger charge is -2.20. The van der Waals surface area contributed by atoms with Gasteiger partial charge in [-0.2, -0.15) is 5.10 Å². The van der Waals surface area contributed by atoms with Crippen LogP contribution in [0.5, 0.6) is 0 Å². The first-order valence-corrected chi connectivity index (χ1v) is 8.71. The van der Waals surface area contributed by atoms with Gasteiger partial charge in [-0.3, -0.25) is 14.6 Å². The Morgan fingerprint density at radius 3 is 2.60 bits per heavy atom. The number of hydrogen-bond donors (Lipinski definition) is 2. The van der Waals surface area contributed by atoms with Gasteiger partial charge in [0.15, 0.2) is 0 Å². The maximum Gasteiger partial charge on any atom is 0.283 e. The van der Waals surface area contributed by atoms with Crippen LogP contribution in [-0.2, 0) is 17.9 Å². The number of amides is 1. The zero-order chi connectivity index (χ0) is 18.4. The molecule has 0 fully saturated rings. The zero-order valence-corrected chi connectivity index (χ0v) is 16.1. The molecule has 0 unspecified atom stereocenters. The van der Waals surface area contributed by atoms with Crippen molar-refractivity contribution in [2.75, 3.05) is 11.9 Å². The Balaban J connectivity index is 1.99.